The van der Waals surface area contributed by atoms with E-state index in [0.29, 0.717) is 35.5 Å². The summed E-state index contributed by atoms with van der Waals surface area (Å²) in [7, 11) is 3.02. The second-order valence-electron chi connectivity index (χ2n) is 6.79. The molecule has 0 bridgehead atoms. The van der Waals surface area contributed by atoms with E-state index >= 15 is 0 Å². The zero-order valence-electron chi connectivity index (χ0n) is 21.7. The molecule has 0 aliphatic heterocycles. The fourth-order valence-electron chi connectivity index (χ4n) is 2.73. The Morgan fingerprint density at radius 1 is 0.853 bits per heavy atom. The molecule has 0 aliphatic carbocycles. The number of nitrogens with zero attached hydrogens (tertiary/aromatic N) is 1. The second kappa shape index (κ2) is 19.2. The van der Waals surface area contributed by atoms with E-state index in [9.17, 15) is 19.7 Å². The molecule has 34 heavy (non-hydrogen) atoms. The van der Waals surface area contributed by atoms with Crippen molar-refractivity contribution >= 4 is 12.6 Å². The summed E-state index contributed by atoms with van der Waals surface area (Å²) in [5.74, 6) is 1.13. The largest absolute Gasteiger partial charge is 0.496 e. The Morgan fingerprint density at radius 3 is 1.53 bits per heavy atom. The second-order valence-corrected chi connectivity index (χ2v) is 6.79. The first-order chi connectivity index (χ1) is 16.3. The van der Waals surface area contributed by atoms with Gasteiger partial charge in [-0.1, -0.05) is 53.7 Å². The quantitative estimate of drug-likeness (QED) is 0.288. The maximum atomic E-state index is 10.7. The van der Waals surface area contributed by atoms with Crippen molar-refractivity contribution < 1.29 is 24.0 Å². The molecular formula is C26H40N2O6. The number of ether oxygens (including phenoxy) is 2. The molecule has 0 spiro atoms. The lowest BCUT2D eigenvalue weighted by atomic mass is 9.99. The zero-order valence-corrected chi connectivity index (χ0v) is 21.7. The molecule has 2 unspecified atom stereocenters. The lowest BCUT2D eigenvalue weighted by molar-refractivity contribution is -0.482. The minimum Gasteiger partial charge on any atom is -0.496 e. The van der Waals surface area contributed by atoms with Crippen molar-refractivity contribution in [1.82, 2.24) is 0 Å². The van der Waals surface area contributed by atoms with Crippen molar-refractivity contribution in [1.29, 1.82) is 0 Å². The molecule has 2 atom stereocenters. The predicted octanol–water partition coefficient (Wildman–Crippen LogP) is 5.51. The average molecular weight is 477 g/mol. The summed E-state index contributed by atoms with van der Waals surface area (Å²) in [4.78, 5) is 31.3. The molecular weight excluding hydrogens is 436 g/mol. The van der Waals surface area contributed by atoms with Crippen LogP contribution in [0.1, 0.15) is 85.2 Å². The summed E-state index contributed by atoms with van der Waals surface area (Å²) < 4.78 is 10.1. The molecule has 2 N–H and O–H groups in total. The summed E-state index contributed by atoms with van der Waals surface area (Å²) in [6, 6.07) is 10.5. The number of benzene rings is 2. The van der Waals surface area contributed by atoms with E-state index in [2.05, 4.69) is 0 Å². The van der Waals surface area contributed by atoms with E-state index in [0.717, 1.165) is 17.4 Å². The monoisotopic (exact) mass is 476 g/mol. The van der Waals surface area contributed by atoms with Crippen molar-refractivity contribution in [3.63, 3.8) is 0 Å². The van der Waals surface area contributed by atoms with E-state index in [1.165, 1.54) is 7.11 Å². The topological polar surface area (TPSA) is 122 Å². The first-order valence-electron chi connectivity index (χ1n) is 11.4. The molecule has 0 saturated heterocycles. The summed E-state index contributed by atoms with van der Waals surface area (Å²) in [6.07, 6.45) is 1.48. The van der Waals surface area contributed by atoms with Gasteiger partial charge in [-0.05, 0) is 47.9 Å². The van der Waals surface area contributed by atoms with Gasteiger partial charge >= 0.3 is 0 Å². The number of rotatable bonds is 9. The van der Waals surface area contributed by atoms with E-state index in [4.69, 9.17) is 15.2 Å². The summed E-state index contributed by atoms with van der Waals surface area (Å²) in [6.45, 7) is 12.3. The molecule has 0 radical (unpaired) electrons. The van der Waals surface area contributed by atoms with Crippen LogP contribution in [-0.2, 0) is 0 Å². The van der Waals surface area contributed by atoms with Gasteiger partial charge in [-0.2, -0.15) is 0 Å². The molecule has 0 aromatic heterocycles. The highest BCUT2D eigenvalue weighted by atomic mass is 16.6. The molecule has 0 aliphatic rings. The van der Waals surface area contributed by atoms with Crippen molar-refractivity contribution in [2.75, 3.05) is 27.3 Å². The number of carbonyl (C=O) groups excluding carboxylic acids is 2. The first-order valence-corrected chi connectivity index (χ1v) is 11.4. The minimum absolute atomic E-state index is 0.135. The average Bonchev–Trinajstić information content (AvgIpc) is 2.89. The Hall–Kier alpha value is -3.26. The molecule has 0 saturated carbocycles. The number of hydrogen-bond acceptors (Lipinski definition) is 7. The van der Waals surface area contributed by atoms with Gasteiger partial charge in [-0.25, -0.2) is 0 Å². The number of aldehydes is 2. The Morgan fingerprint density at radius 2 is 1.24 bits per heavy atom. The van der Waals surface area contributed by atoms with Crippen LogP contribution in [0.25, 0.3) is 0 Å². The van der Waals surface area contributed by atoms with E-state index in [1.807, 2.05) is 46.8 Å². The molecule has 2 aromatic rings. The lowest BCUT2D eigenvalue weighted by Crippen LogP contribution is -2.09. The van der Waals surface area contributed by atoms with Crippen LogP contribution in [0, 0.1) is 10.1 Å². The third-order valence-corrected chi connectivity index (χ3v) is 4.68. The van der Waals surface area contributed by atoms with Gasteiger partial charge in [0.05, 0.1) is 25.3 Å². The molecule has 0 heterocycles. The maximum Gasteiger partial charge on any atom is 0.210 e. The zero-order chi connectivity index (χ0) is 26.7. The standard InChI is InChI=1S/C11H13NO4.C11H15NO2.2C2H6/c1-8(6-12(14)15)9-3-4-10(7-13)11(5-9)16-2;1-8(6-12)9-3-4-10(7-13)11(5-9)14-2;2*1-2/h3-5,7-8H,6H2,1-2H3;3-5,7-8H,6,12H2,1-2H3;2*1-2H3. The smallest absolute Gasteiger partial charge is 0.210 e. The van der Waals surface area contributed by atoms with Gasteiger partial charge in [0.1, 0.15) is 11.5 Å². The Bertz CT molecular complexity index is 870. The SMILES string of the molecule is CC.CC.COc1cc(C(C)CN)ccc1C=O.COc1cc(C(C)C[N+](=O)[O-])ccc1C=O. The van der Waals surface area contributed by atoms with Gasteiger partial charge < -0.3 is 15.2 Å². The fraction of sp³-hybridized carbons (Fsp3) is 0.462. The van der Waals surface area contributed by atoms with E-state index in [1.54, 1.807) is 38.3 Å². The van der Waals surface area contributed by atoms with Crippen molar-refractivity contribution in [2.45, 2.75) is 53.4 Å². The van der Waals surface area contributed by atoms with Crippen LogP contribution in [0.2, 0.25) is 0 Å². The molecule has 8 nitrogen and oxygen atoms in total. The normalized spacial score (nSPS) is 11.0. The van der Waals surface area contributed by atoms with Crippen LogP contribution in [0.5, 0.6) is 11.5 Å². The number of methoxy groups -OCH3 is 2. The van der Waals surface area contributed by atoms with Gasteiger partial charge in [-0.15, -0.1) is 0 Å². The fourth-order valence-corrected chi connectivity index (χ4v) is 2.73. The van der Waals surface area contributed by atoms with Crippen LogP contribution >= 0.6 is 0 Å². The van der Waals surface area contributed by atoms with Crippen molar-refractivity contribution in [3.8, 4) is 11.5 Å². The van der Waals surface area contributed by atoms with Crippen LogP contribution in [0.3, 0.4) is 0 Å². The lowest BCUT2D eigenvalue weighted by Gasteiger charge is -2.11. The van der Waals surface area contributed by atoms with Crippen LogP contribution < -0.4 is 15.2 Å². The van der Waals surface area contributed by atoms with Crippen LogP contribution in [0.15, 0.2) is 36.4 Å². The van der Waals surface area contributed by atoms with Gasteiger partial charge in [-0.3, -0.25) is 19.7 Å². The Labute approximate surface area is 203 Å². The van der Waals surface area contributed by atoms with Gasteiger partial charge in [0.2, 0.25) is 6.54 Å². The Kier molecular flexibility index (Phi) is 18.6. The van der Waals surface area contributed by atoms with Crippen LogP contribution in [0.4, 0.5) is 0 Å². The molecule has 190 valence electrons. The van der Waals surface area contributed by atoms with Gasteiger partial charge in [0.15, 0.2) is 12.6 Å². The highest BCUT2D eigenvalue weighted by Crippen LogP contribution is 2.24. The molecule has 0 amide bonds. The highest BCUT2D eigenvalue weighted by Gasteiger charge is 2.14. The number of nitrogens with two attached hydrogens (primary N) is 1. The van der Waals surface area contributed by atoms with Crippen LogP contribution in [-0.4, -0.2) is 44.8 Å². The predicted molar refractivity (Wildman–Crippen MR) is 137 cm³/mol. The highest BCUT2D eigenvalue weighted by molar-refractivity contribution is 5.80. The molecule has 2 rings (SSSR count). The summed E-state index contributed by atoms with van der Waals surface area (Å²) in [5, 5.41) is 10.4. The number of nitro groups is 1. The van der Waals surface area contributed by atoms with E-state index in [-0.39, 0.29) is 23.3 Å². The molecule has 2 aromatic carbocycles. The number of hydrogen-bond donors (Lipinski definition) is 1. The van der Waals surface area contributed by atoms with Crippen molar-refractivity contribution in [2.24, 2.45) is 5.73 Å². The molecule has 0 fully saturated rings. The first kappa shape index (κ1) is 32.9. The summed E-state index contributed by atoms with van der Waals surface area (Å²) in [5.41, 5.74) is 8.45. The summed E-state index contributed by atoms with van der Waals surface area (Å²) >= 11 is 0. The Balaban J connectivity index is 0. The third-order valence-electron chi connectivity index (χ3n) is 4.68. The minimum atomic E-state index is -0.356. The molecule has 8 heteroatoms. The maximum absolute atomic E-state index is 10.7. The van der Waals surface area contributed by atoms with Crippen molar-refractivity contribution in [3.05, 3.63) is 68.8 Å². The number of carbonyl (C=O) groups is 2. The van der Waals surface area contributed by atoms with E-state index < -0.39 is 0 Å². The van der Waals surface area contributed by atoms with Gasteiger partial charge in [0, 0.05) is 10.8 Å². The third kappa shape index (κ3) is 11.0. The van der Waals surface area contributed by atoms with Gasteiger partial charge in [0.25, 0.3) is 0 Å².